The molecular formula is C18H17FO2. The summed E-state index contributed by atoms with van der Waals surface area (Å²) in [4.78, 5) is 0. The van der Waals surface area contributed by atoms with E-state index in [1.165, 1.54) is 6.07 Å². The molecule has 2 aromatic carbocycles. The number of benzene rings is 2. The van der Waals surface area contributed by atoms with Crippen LogP contribution in [0, 0.1) is 24.6 Å². The van der Waals surface area contributed by atoms with Crippen molar-refractivity contribution in [3.05, 3.63) is 65.0 Å². The Bertz CT molecular complexity index is 668. The van der Waals surface area contributed by atoms with E-state index < -0.39 is 0 Å². The van der Waals surface area contributed by atoms with E-state index in [2.05, 4.69) is 11.8 Å². The van der Waals surface area contributed by atoms with Gasteiger partial charge < -0.3 is 9.84 Å². The van der Waals surface area contributed by atoms with E-state index in [4.69, 9.17) is 9.84 Å². The number of ether oxygens (including phenoxy) is 1. The minimum atomic E-state index is -0.275. The van der Waals surface area contributed by atoms with Crippen molar-refractivity contribution in [1.82, 2.24) is 0 Å². The van der Waals surface area contributed by atoms with Crippen molar-refractivity contribution in [2.45, 2.75) is 20.0 Å². The third kappa shape index (κ3) is 4.34. The van der Waals surface area contributed by atoms with Gasteiger partial charge in [0.1, 0.15) is 18.2 Å². The fraction of sp³-hybridized carbons (Fsp3) is 0.222. The molecule has 2 aromatic rings. The number of hydrogen-bond donors (Lipinski definition) is 1. The standard InChI is InChI=1S/C18H17FO2/c1-14-9-10-17(12-18(14)19)21-13-16-8-3-2-6-15(16)7-4-5-11-20/h2-3,6,8-10,12,20H,5,11,13H2,1H3. The van der Waals surface area contributed by atoms with Gasteiger partial charge in [0.15, 0.2) is 0 Å². The molecule has 0 atom stereocenters. The Balaban J connectivity index is 2.09. The van der Waals surface area contributed by atoms with E-state index >= 15 is 0 Å². The highest BCUT2D eigenvalue weighted by Gasteiger charge is 2.03. The van der Waals surface area contributed by atoms with Crippen molar-refractivity contribution >= 4 is 0 Å². The summed E-state index contributed by atoms with van der Waals surface area (Å²) in [5.41, 5.74) is 2.39. The molecule has 108 valence electrons. The average Bonchev–Trinajstić information content (AvgIpc) is 2.50. The van der Waals surface area contributed by atoms with Gasteiger partial charge in [0.2, 0.25) is 0 Å². The Morgan fingerprint density at radius 1 is 1.19 bits per heavy atom. The summed E-state index contributed by atoms with van der Waals surface area (Å²) in [6, 6.07) is 12.5. The maximum Gasteiger partial charge on any atom is 0.129 e. The summed E-state index contributed by atoms with van der Waals surface area (Å²) in [6.07, 6.45) is 0.443. The number of rotatable bonds is 4. The third-order valence-corrected chi connectivity index (χ3v) is 3.01. The Labute approximate surface area is 124 Å². The molecule has 1 N–H and O–H groups in total. The van der Waals surface area contributed by atoms with E-state index in [1.807, 2.05) is 24.3 Å². The molecule has 0 spiro atoms. The lowest BCUT2D eigenvalue weighted by Gasteiger charge is -2.08. The minimum Gasteiger partial charge on any atom is -0.489 e. The second-order valence-corrected chi connectivity index (χ2v) is 4.63. The quantitative estimate of drug-likeness (QED) is 0.871. The van der Waals surface area contributed by atoms with Gasteiger partial charge in [0, 0.05) is 23.6 Å². The van der Waals surface area contributed by atoms with Crippen molar-refractivity contribution in [2.75, 3.05) is 6.61 Å². The molecule has 21 heavy (non-hydrogen) atoms. The lowest BCUT2D eigenvalue weighted by molar-refractivity contribution is 0.304. The maximum atomic E-state index is 13.5. The number of aryl methyl sites for hydroxylation is 1. The second-order valence-electron chi connectivity index (χ2n) is 4.63. The predicted octanol–water partition coefficient (Wildman–Crippen LogP) is 3.45. The Kier molecular flexibility index (Phi) is 5.36. The molecule has 3 heteroatoms. The van der Waals surface area contributed by atoms with E-state index in [0.717, 1.165) is 11.1 Å². The summed E-state index contributed by atoms with van der Waals surface area (Å²) in [5, 5.41) is 8.75. The highest BCUT2D eigenvalue weighted by Crippen LogP contribution is 2.18. The molecule has 0 radical (unpaired) electrons. The van der Waals surface area contributed by atoms with Crippen LogP contribution in [0.3, 0.4) is 0 Å². The van der Waals surface area contributed by atoms with Crippen molar-refractivity contribution in [3.8, 4) is 17.6 Å². The van der Waals surface area contributed by atoms with Crippen LogP contribution in [-0.2, 0) is 6.61 Å². The van der Waals surface area contributed by atoms with Crippen molar-refractivity contribution in [2.24, 2.45) is 0 Å². The normalized spacial score (nSPS) is 9.86. The van der Waals surface area contributed by atoms with Crippen LogP contribution in [0.1, 0.15) is 23.1 Å². The van der Waals surface area contributed by atoms with Crippen molar-refractivity contribution < 1.29 is 14.2 Å². The molecule has 2 rings (SSSR count). The summed E-state index contributed by atoms with van der Waals surface area (Å²) >= 11 is 0. The topological polar surface area (TPSA) is 29.5 Å². The molecule has 0 fully saturated rings. The molecule has 0 aliphatic heterocycles. The van der Waals surface area contributed by atoms with Crippen LogP contribution in [0.2, 0.25) is 0 Å². The van der Waals surface area contributed by atoms with Crippen LogP contribution in [-0.4, -0.2) is 11.7 Å². The first-order chi connectivity index (χ1) is 10.2. The van der Waals surface area contributed by atoms with Gasteiger partial charge in [0.25, 0.3) is 0 Å². The van der Waals surface area contributed by atoms with Crippen LogP contribution < -0.4 is 4.74 Å². The monoisotopic (exact) mass is 284 g/mol. The zero-order chi connectivity index (χ0) is 15.1. The zero-order valence-electron chi connectivity index (χ0n) is 11.9. The molecule has 0 aliphatic rings. The van der Waals surface area contributed by atoms with Crippen LogP contribution in [0.15, 0.2) is 42.5 Å². The Hall–Kier alpha value is -2.31. The molecule has 0 aromatic heterocycles. The van der Waals surface area contributed by atoms with Gasteiger partial charge >= 0.3 is 0 Å². The summed E-state index contributed by atoms with van der Waals surface area (Å²) in [6.45, 7) is 2.09. The van der Waals surface area contributed by atoms with Gasteiger partial charge in [-0.3, -0.25) is 0 Å². The summed E-state index contributed by atoms with van der Waals surface area (Å²) in [7, 11) is 0. The van der Waals surface area contributed by atoms with Crippen LogP contribution in [0.25, 0.3) is 0 Å². The predicted molar refractivity (Wildman–Crippen MR) is 80.5 cm³/mol. The SMILES string of the molecule is Cc1ccc(OCc2ccccc2C#CCCO)cc1F. The molecular weight excluding hydrogens is 267 g/mol. The molecule has 0 amide bonds. The summed E-state index contributed by atoms with van der Waals surface area (Å²) in [5.74, 6) is 6.12. The number of aliphatic hydroxyl groups excluding tert-OH is 1. The lowest BCUT2D eigenvalue weighted by Crippen LogP contribution is -1.99. The van der Waals surface area contributed by atoms with E-state index in [9.17, 15) is 4.39 Å². The fourth-order valence-corrected chi connectivity index (χ4v) is 1.81. The minimum absolute atomic E-state index is 0.0499. The van der Waals surface area contributed by atoms with Gasteiger partial charge in [-0.15, -0.1) is 0 Å². The molecule has 0 heterocycles. The Morgan fingerprint density at radius 3 is 2.76 bits per heavy atom. The highest BCUT2D eigenvalue weighted by atomic mass is 19.1. The number of hydrogen-bond acceptors (Lipinski definition) is 2. The first-order valence-corrected chi connectivity index (χ1v) is 6.77. The molecule has 0 aliphatic carbocycles. The van der Waals surface area contributed by atoms with Gasteiger partial charge in [-0.1, -0.05) is 36.1 Å². The fourth-order valence-electron chi connectivity index (χ4n) is 1.81. The third-order valence-electron chi connectivity index (χ3n) is 3.01. The first-order valence-electron chi connectivity index (χ1n) is 6.77. The van der Waals surface area contributed by atoms with Gasteiger partial charge in [-0.25, -0.2) is 4.39 Å². The first kappa shape index (κ1) is 15.1. The number of halogens is 1. The smallest absolute Gasteiger partial charge is 0.129 e. The van der Waals surface area contributed by atoms with E-state index in [0.29, 0.717) is 24.3 Å². The lowest BCUT2D eigenvalue weighted by atomic mass is 10.1. The van der Waals surface area contributed by atoms with Gasteiger partial charge in [-0.2, -0.15) is 0 Å². The van der Waals surface area contributed by atoms with Crippen LogP contribution >= 0.6 is 0 Å². The number of aliphatic hydroxyl groups is 1. The molecule has 0 bridgehead atoms. The molecule has 0 unspecified atom stereocenters. The van der Waals surface area contributed by atoms with E-state index in [-0.39, 0.29) is 12.4 Å². The Morgan fingerprint density at radius 2 is 2.00 bits per heavy atom. The maximum absolute atomic E-state index is 13.5. The molecule has 0 saturated carbocycles. The van der Waals surface area contributed by atoms with Crippen LogP contribution in [0.5, 0.6) is 5.75 Å². The van der Waals surface area contributed by atoms with Crippen molar-refractivity contribution in [1.29, 1.82) is 0 Å². The van der Waals surface area contributed by atoms with Gasteiger partial charge in [0.05, 0.1) is 6.61 Å². The van der Waals surface area contributed by atoms with E-state index in [1.54, 1.807) is 19.1 Å². The van der Waals surface area contributed by atoms with Crippen molar-refractivity contribution in [3.63, 3.8) is 0 Å². The molecule has 2 nitrogen and oxygen atoms in total. The average molecular weight is 284 g/mol. The van der Waals surface area contributed by atoms with Gasteiger partial charge in [-0.05, 0) is 24.6 Å². The highest BCUT2D eigenvalue weighted by molar-refractivity contribution is 5.41. The molecule has 0 saturated heterocycles. The van der Waals surface area contributed by atoms with Crippen LogP contribution in [0.4, 0.5) is 4.39 Å². The second kappa shape index (κ2) is 7.47. The summed E-state index contributed by atoms with van der Waals surface area (Å²) < 4.78 is 19.1. The zero-order valence-corrected chi connectivity index (χ0v) is 11.9. The largest absolute Gasteiger partial charge is 0.489 e.